The van der Waals surface area contributed by atoms with Gasteiger partial charge in [0.15, 0.2) is 0 Å². The summed E-state index contributed by atoms with van der Waals surface area (Å²) in [5.41, 5.74) is 2.00. The summed E-state index contributed by atoms with van der Waals surface area (Å²) in [7, 11) is 1.82. The van der Waals surface area contributed by atoms with Crippen LogP contribution in [0.15, 0.2) is 36.7 Å². The number of pyridine rings is 1. The van der Waals surface area contributed by atoms with Gasteiger partial charge in [0.05, 0.1) is 12.1 Å². The SMILES string of the molecule is CNc1cc(C(=O)NCc2ncn[nH]2)nc2ccccc12. The number of anilines is 1. The minimum absolute atomic E-state index is 0.256. The molecule has 0 aliphatic carbocycles. The molecule has 3 rings (SSSR count). The van der Waals surface area contributed by atoms with E-state index >= 15 is 0 Å². The zero-order valence-electron chi connectivity index (χ0n) is 11.4. The Morgan fingerprint density at radius 1 is 1.33 bits per heavy atom. The van der Waals surface area contributed by atoms with Crippen LogP contribution < -0.4 is 10.6 Å². The molecule has 0 saturated carbocycles. The smallest absolute Gasteiger partial charge is 0.270 e. The van der Waals surface area contributed by atoms with Gasteiger partial charge in [-0.15, -0.1) is 0 Å². The van der Waals surface area contributed by atoms with Crippen molar-refractivity contribution in [3.05, 3.63) is 48.2 Å². The van der Waals surface area contributed by atoms with E-state index in [4.69, 9.17) is 0 Å². The average molecular weight is 282 g/mol. The molecule has 0 spiro atoms. The third-order valence-corrected chi connectivity index (χ3v) is 3.10. The van der Waals surface area contributed by atoms with Crippen LogP contribution in [0.25, 0.3) is 10.9 Å². The van der Waals surface area contributed by atoms with E-state index in [9.17, 15) is 4.79 Å². The summed E-state index contributed by atoms with van der Waals surface area (Å²) in [6.45, 7) is 0.280. The van der Waals surface area contributed by atoms with Crippen molar-refractivity contribution >= 4 is 22.5 Å². The molecule has 3 aromatic rings. The van der Waals surface area contributed by atoms with E-state index in [1.807, 2.05) is 31.3 Å². The molecule has 1 aromatic carbocycles. The third kappa shape index (κ3) is 2.66. The van der Waals surface area contributed by atoms with Gasteiger partial charge in [-0.1, -0.05) is 18.2 Å². The summed E-state index contributed by atoms with van der Waals surface area (Å²) >= 11 is 0. The molecule has 7 heteroatoms. The Hall–Kier alpha value is -2.96. The van der Waals surface area contributed by atoms with Gasteiger partial charge in [-0.3, -0.25) is 9.89 Å². The number of aromatic amines is 1. The van der Waals surface area contributed by atoms with Crippen molar-refractivity contribution in [2.75, 3.05) is 12.4 Å². The van der Waals surface area contributed by atoms with E-state index in [1.54, 1.807) is 6.07 Å². The van der Waals surface area contributed by atoms with E-state index in [1.165, 1.54) is 6.33 Å². The summed E-state index contributed by atoms with van der Waals surface area (Å²) in [6, 6.07) is 9.41. The highest BCUT2D eigenvalue weighted by Gasteiger charge is 2.11. The lowest BCUT2D eigenvalue weighted by atomic mass is 10.1. The zero-order chi connectivity index (χ0) is 14.7. The predicted molar refractivity (Wildman–Crippen MR) is 78.8 cm³/mol. The van der Waals surface area contributed by atoms with E-state index < -0.39 is 0 Å². The summed E-state index contributed by atoms with van der Waals surface area (Å²) in [5, 5.41) is 13.2. The molecule has 21 heavy (non-hydrogen) atoms. The minimum Gasteiger partial charge on any atom is -0.388 e. The molecule has 0 aliphatic rings. The maximum atomic E-state index is 12.2. The Bertz CT molecular complexity index is 768. The highest BCUT2D eigenvalue weighted by molar-refractivity contribution is 5.99. The van der Waals surface area contributed by atoms with E-state index in [0.717, 1.165) is 16.6 Å². The number of carbonyl (C=O) groups excluding carboxylic acids is 1. The van der Waals surface area contributed by atoms with Crippen molar-refractivity contribution in [2.45, 2.75) is 6.54 Å². The van der Waals surface area contributed by atoms with Gasteiger partial charge >= 0.3 is 0 Å². The molecule has 106 valence electrons. The lowest BCUT2D eigenvalue weighted by Gasteiger charge is -2.09. The summed E-state index contributed by atoms with van der Waals surface area (Å²) in [6.07, 6.45) is 1.40. The number of nitrogens with one attached hydrogen (secondary N) is 3. The summed E-state index contributed by atoms with van der Waals surface area (Å²) < 4.78 is 0. The van der Waals surface area contributed by atoms with Gasteiger partial charge in [0.2, 0.25) is 0 Å². The molecule has 0 radical (unpaired) electrons. The van der Waals surface area contributed by atoms with Crippen molar-refractivity contribution in [1.82, 2.24) is 25.5 Å². The normalized spacial score (nSPS) is 10.5. The van der Waals surface area contributed by atoms with E-state index in [2.05, 4.69) is 30.8 Å². The Kier molecular flexibility index (Phi) is 3.46. The maximum absolute atomic E-state index is 12.2. The molecule has 2 aromatic heterocycles. The standard InChI is InChI=1S/C14H14N6O/c1-15-11-6-12(19-10-5-3-2-4-9(10)11)14(21)16-7-13-17-8-18-20-13/h2-6,8H,7H2,1H3,(H,15,19)(H,16,21)(H,17,18,20). The van der Waals surface area contributed by atoms with E-state index in [0.29, 0.717) is 11.5 Å². The fraction of sp³-hybridized carbons (Fsp3) is 0.143. The monoisotopic (exact) mass is 282 g/mol. The Morgan fingerprint density at radius 3 is 2.95 bits per heavy atom. The molecule has 7 nitrogen and oxygen atoms in total. The van der Waals surface area contributed by atoms with Crippen molar-refractivity contribution in [3.63, 3.8) is 0 Å². The van der Waals surface area contributed by atoms with E-state index in [-0.39, 0.29) is 12.5 Å². The fourth-order valence-corrected chi connectivity index (χ4v) is 2.07. The highest BCUT2D eigenvalue weighted by Crippen LogP contribution is 2.22. The zero-order valence-corrected chi connectivity index (χ0v) is 11.4. The maximum Gasteiger partial charge on any atom is 0.270 e. The van der Waals surface area contributed by atoms with Crippen LogP contribution in [0.2, 0.25) is 0 Å². The van der Waals surface area contributed by atoms with Crippen LogP contribution in [0.1, 0.15) is 16.3 Å². The number of carbonyl (C=O) groups is 1. The number of para-hydroxylation sites is 1. The average Bonchev–Trinajstić information content (AvgIpc) is 3.04. The first-order chi connectivity index (χ1) is 10.3. The number of H-pyrrole nitrogens is 1. The number of nitrogens with zero attached hydrogens (tertiary/aromatic N) is 3. The molecular formula is C14H14N6O. The Labute approximate surface area is 120 Å². The van der Waals surface area contributed by atoms with Gasteiger partial charge in [0.1, 0.15) is 17.8 Å². The number of aromatic nitrogens is 4. The van der Waals surface area contributed by atoms with Gasteiger partial charge in [-0.05, 0) is 12.1 Å². The van der Waals surface area contributed by atoms with Gasteiger partial charge in [0, 0.05) is 18.1 Å². The second-order valence-electron chi connectivity index (χ2n) is 4.44. The molecule has 3 N–H and O–H groups in total. The largest absolute Gasteiger partial charge is 0.388 e. The summed E-state index contributed by atoms with van der Waals surface area (Å²) in [5.74, 6) is 0.339. The van der Waals surface area contributed by atoms with Crippen LogP contribution in [0.5, 0.6) is 0 Å². The minimum atomic E-state index is -0.256. The number of hydrogen-bond acceptors (Lipinski definition) is 5. The van der Waals surface area contributed by atoms with Gasteiger partial charge in [-0.2, -0.15) is 5.10 Å². The molecule has 0 aliphatic heterocycles. The second-order valence-corrected chi connectivity index (χ2v) is 4.44. The first-order valence-corrected chi connectivity index (χ1v) is 6.48. The quantitative estimate of drug-likeness (QED) is 0.671. The molecule has 1 amide bonds. The molecule has 0 saturated heterocycles. The van der Waals surface area contributed by atoms with Crippen LogP contribution in [-0.4, -0.2) is 33.1 Å². The van der Waals surface area contributed by atoms with Gasteiger partial charge < -0.3 is 10.6 Å². The Balaban J connectivity index is 1.87. The van der Waals surface area contributed by atoms with Crippen molar-refractivity contribution in [3.8, 4) is 0 Å². The predicted octanol–water partition coefficient (Wildman–Crippen LogP) is 1.32. The van der Waals surface area contributed by atoms with Crippen LogP contribution in [-0.2, 0) is 6.54 Å². The molecule has 0 atom stereocenters. The number of amides is 1. The summed E-state index contributed by atoms with van der Waals surface area (Å²) in [4.78, 5) is 20.5. The van der Waals surface area contributed by atoms with Crippen molar-refractivity contribution < 1.29 is 4.79 Å². The number of hydrogen-bond donors (Lipinski definition) is 3. The lowest BCUT2D eigenvalue weighted by Crippen LogP contribution is -2.24. The molecule has 0 unspecified atom stereocenters. The lowest BCUT2D eigenvalue weighted by molar-refractivity contribution is 0.0945. The number of rotatable bonds is 4. The topological polar surface area (TPSA) is 95.6 Å². The molecular weight excluding hydrogens is 268 g/mol. The van der Waals surface area contributed by atoms with Crippen molar-refractivity contribution in [2.24, 2.45) is 0 Å². The number of fused-ring (bicyclic) bond motifs is 1. The Morgan fingerprint density at radius 2 is 2.19 bits per heavy atom. The van der Waals surface area contributed by atoms with Crippen molar-refractivity contribution in [1.29, 1.82) is 0 Å². The van der Waals surface area contributed by atoms with Crippen LogP contribution in [0, 0.1) is 0 Å². The van der Waals surface area contributed by atoms with Gasteiger partial charge in [-0.25, -0.2) is 9.97 Å². The van der Waals surface area contributed by atoms with Gasteiger partial charge in [0.25, 0.3) is 5.91 Å². The van der Waals surface area contributed by atoms with Crippen LogP contribution in [0.3, 0.4) is 0 Å². The van der Waals surface area contributed by atoms with Crippen LogP contribution in [0.4, 0.5) is 5.69 Å². The molecule has 0 bridgehead atoms. The number of benzene rings is 1. The van der Waals surface area contributed by atoms with Crippen LogP contribution >= 0.6 is 0 Å². The first kappa shape index (κ1) is 13.0. The first-order valence-electron chi connectivity index (χ1n) is 6.48. The molecule has 0 fully saturated rings. The third-order valence-electron chi connectivity index (χ3n) is 3.10. The highest BCUT2D eigenvalue weighted by atomic mass is 16.1. The second kappa shape index (κ2) is 5.58. The fourth-order valence-electron chi connectivity index (χ4n) is 2.07. The molecule has 2 heterocycles.